The molecule has 6 nitrogen and oxygen atoms in total. The highest BCUT2D eigenvalue weighted by molar-refractivity contribution is 7.94. The molecule has 0 aromatic heterocycles. The smallest absolute Gasteiger partial charge is 0.309 e. The SMILES string of the molecule is N#Cc1ccccc1OS(=O)(=O)CCc1cccc(/C=C/S(=O)(=O)c2ccccc2)c1. The van der Waals surface area contributed by atoms with Crippen molar-refractivity contribution < 1.29 is 21.0 Å². The van der Waals surface area contributed by atoms with Crippen LogP contribution >= 0.6 is 0 Å². The predicted molar refractivity (Wildman–Crippen MR) is 118 cm³/mol. The van der Waals surface area contributed by atoms with Crippen molar-refractivity contribution in [1.29, 1.82) is 5.26 Å². The summed E-state index contributed by atoms with van der Waals surface area (Å²) in [4.78, 5) is 0.197. The Balaban J connectivity index is 1.69. The number of hydrogen-bond donors (Lipinski definition) is 0. The molecule has 0 saturated carbocycles. The predicted octanol–water partition coefficient (Wildman–Crippen LogP) is 3.95. The molecule has 0 aliphatic carbocycles. The molecule has 0 heterocycles. The minimum atomic E-state index is -3.91. The zero-order chi connectivity index (χ0) is 22.3. The number of nitriles is 1. The molecule has 3 aromatic rings. The molecule has 3 rings (SSSR count). The second kappa shape index (κ2) is 9.60. The minimum absolute atomic E-state index is 0.00666. The number of aryl methyl sites for hydroxylation is 1. The van der Waals surface area contributed by atoms with Crippen molar-refractivity contribution in [3.8, 4) is 11.8 Å². The zero-order valence-electron chi connectivity index (χ0n) is 16.4. The number of rotatable bonds is 8. The molecule has 0 N–H and O–H groups in total. The van der Waals surface area contributed by atoms with Gasteiger partial charge in [-0.05, 0) is 47.9 Å². The highest BCUT2D eigenvalue weighted by Crippen LogP contribution is 2.20. The highest BCUT2D eigenvalue weighted by Gasteiger charge is 2.16. The summed E-state index contributed by atoms with van der Waals surface area (Å²) in [5.41, 5.74) is 1.47. The van der Waals surface area contributed by atoms with Gasteiger partial charge in [0.25, 0.3) is 0 Å². The lowest BCUT2D eigenvalue weighted by Crippen LogP contribution is -2.16. The Morgan fingerprint density at radius 1 is 0.871 bits per heavy atom. The first kappa shape index (κ1) is 22.3. The maximum absolute atomic E-state index is 12.4. The molecule has 0 unspecified atom stereocenters. The molecule has 0 aliphatic rings. The first-order valence-corrected chi connectivity index (χ1v) is 12.4. The summed E-state index contributed by atoms with van der Waals surface area (Å²) in [6.07, 6.45) is 1.64. The van der Waals surface area contributed by atoms with Gasteiger partial charge in [-0.15, -0.1) is 0 Å². The number of benzene rings is 3. The lowest BCUT2D eigenvalue weighted by Gasteiger charge is -2.08. The van der Waals surface area contributed by atoms with Gasteiger partial charge in [0.2, 0.25) is 0 Å². The average molecular weight is 454 g/mol. The van der Waals surface area contributed by atoms with E-state index in [4.69, 9.17) is 9.44 Å². The molecule has 0 radical (unpaired) electrons. The second-order valence-electron chi connectivity index (χ2n) is 6.61. The Morgan fingerprint density at radius 3 is 2.32 bits per heavy atom. The van der Waals surface area contributed by atoms with Crippen molar-refractivity contribution in [3.05, 3.63) is 101 Å². The first-order chi connectivity index (χ1) is 14.8. The third-order valence-electron chi connectivity index (χ3n) is 4.33. The van der Waals surface area contributed by atoms with Gasteiger partial charge in [0.1, 0.15) is 6.07 Å². The summed E-state index contributed by atoms with van der Waals surface area (Å²) in [6, 6.07) is 23.0. The molecule has 3 aromatic carbocycles. The normalized spacial score (nSPS) is 11.8. The van der Waals surface area contributed by atoms with E-state index in [1.807, 2.05) is 6.07 Å². The fraction of sp³-hybridized carbons (Fsp3) is 0.0870. The van der Waals surface area contributed by atoms with Crippen LogP contribution in [0.5, 0.6) is 5.75 Å². The van der Waals surface area contributed by atoms with Crippen molar-refractivity contribution in [3.63, 3.8) is 0 Å². The third-order valence-corrected chi connectivity index (χ3v) is 6.89. The lowest BCUT2D eigenvalue weighted by atomic mass is 10.1. The van der Waals surface area contributed by atoms with Gasteiger partial charge in [0, 0.05) is 5.41 Å². The van der Waals surface area contributed by atoms with E-state index < -0.39 is 20.0 Å². The molecule has 8 heteroatoms. The average Bonchev–Trinajstić information content (AvgIpc) is 2.77. The van der Waals surface area contributed by atoms with Crippen molar-refractivity contribution >= 4 is 26.0 Å². The van der Waals surface area contributed by atoms with Crippen LogP contribution < -0.4 is 4.18 Å². The Kier molecular flexibility index (Phi) is 6.90. The molecule has 31 heavy (non-hydrogen) atoms. The molecule has 0 fully saturated rings. The van der Waals surface area contributed by atoms with Crippen LogP contribution in [0, 0.1) is 11.3 Å². The van der Waals surface area contributed by atoms with E-state index >= 15 is 0 Å². The zero-order valence-corrected chi connectivity index (χ0v) is 18.0. The molecule has 0 atom stereocenters. The monoisotopic (exact) mass is 453 g/mol. The van der Waals surface area contributed by atoms with Gasteiger partial charge >= 0.3 is 10.1 Å². The fourth-order valence-corrected chi connectivity index (χ4v) is 4.78. The van der Waals surface area contributed by atoms with E-state index in [9.17, 15) is 16.8 Å². The van der Waals surface area contributed by atoms with Crippen LogP contribution in [0.15, 0.2) is 89.2 Å². The summed E-state index contributed by atoms with van der Waals surface area (Å²) in [6.45, 7) is 0. The summed E-state index contributed by atoms with van der Waals surface area (Å²) >= 11 is 0. The molecular formula is C23H19NO5S2. The van der Waals surface area contributed by atoms with Crippen LogP contribution in [0.2, 0.25) is 0 Å². The standard InChI is InChI=1S/C23H19NO5S2/c24-18-21-9-4-5-12-23(21)29-31(27,28)16-14-20-8-6-7-19(17-20)13-15-30(25,26)22-10-2-1-3-11-22/h1-13,15,17H,14,16H2/b15-13+. The highest BCUT2D eigenvalue weighted by atomic mass is 32.2. The van der Waals surface area contributed by atoms with Gasteiger partial charge in [0.15, 0.2) is 15.6 Å². The number of hydrogen-bond acceptors (Lipinski definition) is 6. The molecule has 0 aliphatic heterocycles. The third kappa shape index (κ3) is 6.28. The summed E-state index contributed by atoms with van der Waals surface area (Å²) in [5, 5.41) is 10.2. The van der Waals surface area contributed by atoms with Crippen LogP contribution in [0.1, 0.15) is 16.7 Å². The molecular weight excluding hydrogens is 434 g/mol. The van der Waals surface area contributed by atoms with E-state index in [1.165, 1.54) is 30.3 Å². The van der Waals surface area contributed by atoms with Gasteiger partial charge < -0.3 is 4.18 Å². The van der Waals surface area contributed by atoms with Gasteiger partial charge in [0.05, 0.1) is 16.2 Å². The number of para-hydroxylation sites is 1. The molecule has 0 bridgehead atoms. The quantitative estimate of drug-likeness (QED) is 0.479. The maximum atomic E-state index is 12.4. The Hall–Kier alpha value is -3.41. The van der Waals surface area contributed by atoms with E-state index in [0.29, 0.717) is 11.1 Å². The van der Waals surface area contributed by atoms with E-state index in [2.05, 4.69) is 0 Å². The minimum Gasteiger partial charge on any atom is -0.381 e. The summed E-state index contributed by atoms with van der Waals surface area (Å²) < 4.78 is 54.4. The van der Waals surface area contributed by atoms with Gasteiger partial charge in [-0.25, -0.2) is 8.42 Å². The summed E-state index contributed by atoms with van der Waals surface area (Å²) in [5.74, 6) is -0.296. The molecule has 158 valence electrons. The fourth-order valence-electron chi connectivity index (χ4n) is 2.76. The molecule has 0 saturated heterocycles. The lowest BCUT2D eigenvalue weighted by molar-refractivity contribution is 0.485. The van der Waals surface area contributed by atoms with Crippen LogP contribution in [0.3, 0.4) is 0 Å². The van der Waals surface area contributed by atoms with Crippen molar-refractivity contribution in [2.24, 2.45) is 0 Å². The van der Waals surface area contributed by atoms with Crippen LogP contribution in [-0.2, 0) is 26.4 Å². The van der Waals surface area contributed by atoms with Gasteiger partial charge in [-0.1, -0.05) is 54.6 Å². The number of sulfone groups is 1. The first-order valence-electron chi connectivity index (χ1n) is 9.27. The van der Waals surface area contributed by atoms with E-state index in [0.717, 1.165) is 5.41 Å². The van der Waals surface area contributed by atoms with Crippen LogP contribution in [-0.4, -0.2) is 22.6 Å². The van der Waals surface area contributed by atoms with Crippen molar-refractivity contribution in [2.45, 2.75) is 11.3 Å². The number of nitrogens with zero attached hydrogens (tertiary/aromatic N) is 1. The topological polar surface area (TPSA) is 101 Å². The van der Waals surface area contributed by atoms with E-state index in [1.54, 1.807) is 54.6 Å². The molecule has 0 amide bonds. The Bertz CT molecular complexity index is 1340. The largest absolute Gasteiger partial charge is 0.381 e. The van der Waals surface area contributed by atoms with Crippen LogP contribution in [0.4, 0.5) is 0 Å². The maximum Gasteiger partial charge on any atom is 0.309 e. The second-order valence-corrected chi connectivity index (χ2v) is 10.1. The molecule has 0 spiro atoms. The van der Waals surface area contributed by atoms with Crippen molar-refractivity contribution in [2.75, 3.05) is 5.75 Å². The van der Waals surface area contributed by atoms with Gasteiger partial charge in [-0.2, -0.15) is 13.7 Å². The van der Waals surface area contributed by atoms with Gasteiger partial charge in [-0.3, -0.25) is 0 Å². The summed E-state index contributed by atoms with van der Waals surface area (Å²) in [7, 11) is -7.49. The van der Waals surface area contributed by atoms with E-state index in [-0.39, 0.29) is 28.4 Å². The van der Waals surface area contributed by atoms with Crippen LogP contribution in [0.25, 0.3) is 6.08 Å². The Labute approximate surface area is 182 Å². The van der Waals surface area contributed by atoms with Crippen molar-refractivity contribution in [1.82, 2.24) is 0 Å². The Morgan fingerprint density at radius 2 is 1.58 bits per heavy atom.